The van der Waals surface area contributed by atoms with E-state index in [0.29, 0.717) is 11.0 Å². The minimum atomic E-state index is -0.922. The van der Waals surface area contributed by atoms with Crippen LogP contribution in [0.5, 0.6) is 0 Å². The molecule has 0 saturated carbocycles. The van der Waals surface area contributed by atoms with Crippen LogP contribution in [-0.2, 0) is 4.79 Å². The highest BCUT2D eigenvalue weighted by molar-refractivity contribution is 7.99. The maximum atomic E-state index is 10.5. The quantitative estimate of drug-likeness (QED) is 0.635. The highest BCUT2D eigenvalue weighted by atomic mass is 32.2. The zero-order chi connectivity index (χ0) is 13.3. The Balaban J connectivity index is 2.30. The van der Waals surface area contributed by atoms with Crippen LogP contribution in [0.2, 0.25) is 0 Å². The van der Waals surface area contributed by atoms with Gasteiger partial charge in [0.1, 0.15) is 0 Å². The van der Waals surface area contributed by atoms with Crippen molar-refractivity contribution in [3.63, 3.8) is 0 Å². The Kier molecular flexibility index (Phi) is 3.53. The topological polar surface area (TPSA) is 107 Å². The van der Waals surface area contributed by atoms with Gasteiger partial charge in [0.05, 0.1) is 21.3 Å². The molecular weight excluding hydrogens is 274 g/mol. The number of carboxylic acids is 1. The summed E-state index contributed by atoms with van der Waals surface area (Å²) in [6.07, 6.45) is 0. The number of aliphatic carboxylic acids is 1. The zero-order valence-electron chi connectivity index (χ0n) is 9.75. The second-order valence-electron chi connectivity index (χ2n) is 3.51. The molecule has 0 radical (unpaired) electrons. The third kappa shape index (κ3) is 2.46. The van der Waals surface area contributed by atoms with E-state index in [1.807, 2.05) is 13.8 Å². The third-order valence-corrected chi connectivity index (χ3v) is 4.09. The van der Waals surface area contributed by atoms with Gasteiger partial charge in [0.2, 0.25) is 5.16 Å². The molecule has 0 aromatic carbocycles. The van der Waals surface area contributed by atoms with Gasteiger partial charge in [-0.25, -0.2) is 9.66 Å². The molecule has 0 bridgehead atoms. The van der Waals surface area contributed by atoms with E-state index in [9.17, 15) is 4.79 Å². The van der Waals surface area contributed by atoms with Crippen LogP contribution in [0.3, 0.4) is 0 Å². The predicted octanol–water partition coefficient (Wildman–Crippen LogP) is 0.909. The van der Waals surface area contributed by atoms with Crippen molar-refractivity contribution in [2.45, 2.75) is 19.0 Å². The van der Waals surface area contributed by atoms with Crippen LogP contribution in [0.25, 0.3) is 10.7 Å². The lowest BCUT2D eigenvalue weighted by atomic mass is 10.4. The third-order valence-electron chi connectivity index (χ3n) is 2.10. The Labute approximate surface area is 111 Å². The number of thiazole rings is 1. The average molecular weight is 285 g/mol. The Morgan fingerprint density at radius 3 is 2.78 bits per heavy atom. The van der Waals surface area contributed by atoms with Crippen molar-refractivity contribution in [1.29, 1.82) is 0 Å². The van der Waals surface area contributed by atoms with Crippen LogP contribution in [0.1, 0.15) is 10.7 Å². The maximum Gasteiger partial charge on any atom is 0.313 e. The van der Waals surface area contributed by atoms with E-state index >= 15 is 0 Å². The first-order valence-electron chi connectivity index (χ1n) is 4.98. The summed E-state index contributed by atoms with van der Waals surface area (Å²) in [5.74, 6) is 5.34. The number of aromatic nitrogens is 4. The highest BCUT2D eigenvalue weighted by Crippen LogP contribution is 2.29. The largest absolute Gasteiger partial charge is 0.481 e. The van der Waals surface area contributed by atoms with Gasteiger partial charge in [-0.15, -0.1) is 21.5 Å². The molecule has 2 rings (SSSR count). The number of hydrogen-bond acceptors (Lipinski definition) is 7. The monoisotopic (exact) mass is 285 g/mol. The fourth-order valence-corrected chi connectivity index (χ4v) is 2.87. The predicted molar refractivity (Wildman–Crippen MR) is 69.1 cm³/mol. The summed E-state index contributed by atoms with van der Waals surface area (Å²) in [6, 6.07) is 0. The van der Waals surface area contributed by atoms with E-state index in [2.05, 4.69) is 15.2 Å². The van der Waals surface area contributed by atoms with Crippen molar-refractivity contribution < 1.29 is 9.90 Å². The van der Waals surface area contributed by atoms with E-state index in [4.69, 9.17) is 10.9 Å². The Morgan fingerprint density at radius 1 is 1.50 bits per heavy atom. The highest BCUT2D eigenvalue weighted by Gasteiger charge is 2.17. The van der Waals surface area contributed by atoms with E-state index in [0.717, 1.165) is 27.3 Å². The number of carbonyl (C=O) groups is 1. The van der Waals surface area contributed by atoms with Crippen molar-refractivity contribution in [1.82, 2.24) is 19.9 Å². The van der Waals surface area contributed by atoms with Crippen LogP contribution in [0.15, 0.2) is 5.16 Å². The van der Waals surface area contributed by atoms with Gasteiger partial charge in [0.25, 0.3) is 0 Å². The molecule has 0 spiro atoms. The SMILES string of the molecule is Cc1nc(C)c(-c2nnc(SCC(=O)O)n2N)s1. The van der Waals surface area contributed by atoms with Gasteiger partial charge >= 0.3 is 5.97 Å². The number of thioether (sulfide) groups is 1. The molecule has 0 atom stereocenters. The number of hydrogen-bond donors (Lipinski definition) is 2. The van der Waals surface area contributed by atoms with Gasteiger partial charge in [-0.2, -0.15) is 0 Å². The minimum Gasteiger partial charge on any atom is -0.481 e. The molecule has 3 N–H and O–H groups in total. The van der Waals surface area contributed by atoms with Crippen molar-refractivity contribution in [2.24, 2.45) is 0 Å². The van der Waals surface area contributed by atoms with Gasteiger partial charge in [0.15, 0.2) is 5.82 Å². The van der Waals surface area contributed by atoms with E-state index in [1.165, 1.54) is 16.0 Å². The van der Waals surface area contributed by atoms with Crippen LogP contribution >= 0.6 is 23.1 Å². The second kappa shape index (κ2) is 4.94. The van der Waals surface area contributed by atoms with Crippen molar-refractivity contribution >= 4 is 29.1 Å². The summed E-state index contributed by atoms with van der Waals surface area (Å²) in [4.78, 5) is 15.6. The molecule has 0 aliphatic rings. The maximum absolute atomic E-state index is 10.5. The summed E-state index contributed by atoms with van der Waals surface area (Å²) >= 11 is 2.51. The van der Waals surface area contributed by atoms with Crippen molar-refractivity contribution in [3.05, 3.63) is 10.7 Å². The lowest BCUT2D eigenvalue weighted by Gasteiger charge is -2.00. The molecule has 18 heavy (non-hydrogen) atoms. The zero-order valence-corrected chi connectivity index (χ0v) is 11.4. The van der Waals surface area contributed by atoms with Gasteiger partial charge in [-0.3, -0.25) is 4.79 Å². The van der Waals surface area contributed by atoms with Gasteiger partial charge < -0.3 is 10.9 Å². The summed E-state index contributed by atoms with van der Waals surface area (Å²) in [7, 11) is 0. The Morgan fingerprint density at radius 2 is 2.22 bits per heavy atom. The lowest BCUT2D eigenvalue weighted by Crippen LogP contribution is -2.12. The molecular formula is C9H11N5O2S2. The number of nitrogens with zero attached hydrogens (tertiary/aromatic N) is 4. The molecule has 2 aromatic rings. The Bertz CT molecular complexity index is 592. The van der Waals surface area contributed by atoms with Gasteiger partial charge in [-0.1, -0.05) is 11.8 Å². The number of nitrogen functional groups attached to an aromatic ring is 1. The summed E-state index contributed by atoms with van der Waals surface area (Å²) < 4.78 is 1.30. The standard InChI is InChI=1S/C9H11N5O2S2/c1-4-7(18-5(2)11-4)8-12-13-9(14(8)10)17-3-6(15)16/h3,10H2,1-2H3,(H,15,16). The van der Waals surface area contributed by atoms with Crippen LogP contribution < -0.4 is 5.84 Å². The number of carboxylic acid groups (broad SMARTS) is 1. The average Bonchev–Trinajstić information content (AvgIpc) is 2.79. The molecule has 9 heteroatoms. The summed E-state index contributed by atoms with van der Waals surface area (Å²) in [6.45, 7) is 3.77. The van der Waals surface area contributed by atoms with Gasteiger partial charge in [0, 0.05) is 0 Å². The first kappa shape index (κ1) is 12.8. The molecule has 0 aliphatic carbocycles. The minimum absolute atomic E-state index is 0.101. The molecule has 96 valence electrons. The molecule has 0 unspecified atom stereocenters. The molecule has 2 aromatic heterocycles. The fraction of sp³-hybridized carbons (Fsp3) is 0.333. The number of aryl methyl sites for hydroxylation is 2. The molecule has 0 saturated heterocycles. The number of nitrogens with two attached hydrogens (primary N) is 1. The van der Waals surface area contributed by atoms with E-state index in [-0.39, 0.29) is 5.75 Å². The summed E-state index contributed by atoms with van der Waals surface area (Å²) in [5.41, 5.74) is 0.839. The molecule has 7 nitrogen and oxygen atoms in total. The smallest absolute Gasteiger partial charge is 0.313 e. The molecule has 0 amide bonds. The Hall–Kier alpha value is -1.61. The van der Waals surface area contributed by atoms with Crippen LogP contribution in [0, 0.1) is 13.8 Å². The number of rotatable bonds is 4. The first-order chi connectivity index (χ1) is 8.49. The molecule has 0 fully saturated rings. The van der Waals surface area contributed by atoms with E-state index < -0.39 is 5.97 Å². The van der Waals surface area contributed by atoms with Crippen LogP contribution in [0.4, 0.5) is 0 Å². The van der Waals surface area contributed by atoms with Crippen molar-refractivity contribution in [3.8, 4) is 10.7 Å². The summed E-state index contributed by atoms with van der Waals surface area (Å²) in [5, 5.41) is 17.8. The molecule has 0 aliphatic heterocycles. The fourth-order valence-electron chi connectivity index (χ4n) is 1.40. The van der Waals surface area contributed by atoms with Gasteiger partial charge in [-0.05, 0) is 13.8 Å². The normalized spacial score (nSPS) is 10.8. The lowest BCUT2D eigenvalue weighted by molar-refractivity contribution is -0.133. The second-order valence-corrected chi connectivity index (χ2v) is 5.65. The van der Waals surface area contributed by atoms with Crippen LogP contribution in [-0.4, -0.2) is 36.7 Å². The van der Waals surface area contributed by atoms with E-state index in [1.54, 1.807) is 0 Å². The molecule has 2 heterocycles. The van der Waals surface area contributed by atoms with Crippen molar-refractivity contribution in [2.75, 3.05) is 11.6 Å². The first-order valence-corrected chi connectivity index (χ1v) is 6.78.